The summed E-state index contributed by atoms with van der Waals surface area (Å²) >= 11 is 0. The van der Waals surface area contributed by atoms with Gasteiger partial charge in [0, 0.05) is 58.0 Å². The average molecular weight is 390 g/mol. The fraction of sp³-hybridized carbons (Fsp3) is 0.682. The van der Waals surface area contributed by atoms with Gasteiger partial charge in [0.25, 0.3) is 0 Å². The summed E-state index contributed by atoms with van der Waals surface area (Å²) in [5, 5.41) is 10.8. The maximum atomic E-state index is 5.18. The second kappa shape index (κ2) is 11.4. The van der Waals surface area contributed by atoms with Crippen LogP contribution in [0.15, 0.2) is 35.3 Å². The molecule has 1 aliphatic heterocycles. The van der Waals surface area contributed by atoms with Crippen molar-refractivity contribution in [3.8, 4) is 0 Å². The predicted octanol–water partition coefficient (Wildman–Crippen LogP) is 2.39. The van der Waals surface area contributed by atoms with Crippen molar-refractivity contribution in [3.63, 3.8) is 0 Å². The van der Waals surface area contributed by atoms with E-state index in [0.29, 0.717) is 12.1 Å². The number of hydrogen-bond donors (Lipinski definition) is 3. The van der Waals surface area contributed by atoms with Crippen molar-refractivity contribution in [2.24, 2.45) is 4.99 Å². The van der Waals surface area contributed by atoms with Crippen molar-refractivity contribution >= 4 is 5.96 Å². The summed E-state index contributed by atoms with van der Waals surface area (Å²) in [4.78, 5) is 6.89. The number of ether oxygens (including phenoxy) is 1. The van der Waals surface area contributed by atoms with Crippen LogP contribution in [-0.2, 0) is 4.74 Å². The first kappa shape index (κ1) is 22.7. The lowest BCUT2D eigenvalue weighted by Gasteiger charge is -2.34. The van der Waals surface area contributed by atoms with E-state index in [2.05, 4.69) is 76.9 Å². The van der Waals surface area contributed by atoms with Crippen LogP contribution in [0.4, 0.5) is 0 Å². The number of benzene rings is 1. The highest BCUT2D eigenvalue weighted by atomic mass is 16.5. The molecule has 0 aliphatic carbocycles. The molecule has 6 heteroatoms. The van der Waals surface area contributed by atoms with E-state index < -0.39 is 0 Å². The number of piperidine rings is 1. The molecule has 0 saturated carbocycles. The van der Waals surface area contributed by atoms with E-state index in [0.717, 1.165) is 51.6 Å². The first-order valence-corrected chi connectivity index (χ1v) is 10.4. The molecule has 1 aromatic carbocycles. The van der Waals surface area contributed by atoms with Crippen LogP contribution in [0.2, 0.25) is 0 Å². The smallest absolute Gasteiger partial charge is 0.191 e. The molecule has 0 spiro atoms. The quantitative estimate of drug-likeness (QED) is 0.447. The van der Waals surface area contributed by atoms with E-state index in [-0.39, 0.29) is 5.54 Å². The van der Waals surface area contributed by atoms with Crippen LogP contribution in [-0.4, -0.2) is 69.4 Å². The minimum absolute atomic E-state index is 0.0591. The van der Waals surface area contributed by atoms with Gasteiger partial charge < -0.3 is 25.6 Å². The molecule has 0 radical (unpaired) electrons. The van der Waals surface area contributed by atoms with Gasteiger partial charge in [0.15, 0.2) is 5.96 Å². The normalized spacial score (nSPS) is 18.1. The second-order valence-corrected chi connectivity index (χ2v) is 8.34. The third kappa shape index (κ3) is 7.78. The Morgan fingerprint density at radius 3 is 2.54 bits per heavy atom. The Labute approximate surface area is 171 Å². The lowest BCUT2D eigenvalue weighted by molar-refractivity contribution is 0.128. The van der Waals surface area contributed by atoms with Gasteiger partial charge in [-0.05, 0) is 39.2 Å². The molecule has 1 aromatic rings. The number of aliphatic imine (C=N–C) groups is 1. The van der Waals surface area contributed by atoms with E-state index in [1.165, 1.54) is 5.56 Å². The zero-order valence-corrected chi connectivity index (χ0v) is 18.3. The minimum atomic E-state index is -0.0591. The Morgan fingerprint density at radius 1 is 1.25 bits per heavy atom. The molecule has 1 fully saturated rings. The van der Waals surface area contributed by atoms with Gasteiger partial charge in [0.2, 0.25) is 0 Å². The Hall–Kier alpha value is -1.63. The molecule has 1 atom stereocenters. The number of rotatable bonds is 9. The van der Waals surface area contributed by atoms with Crippen molar-refractivity contribution < 1.29 is 4.74 Å². The fourth-order valence-electron chi connectivity index (χ4n) is 3.68. The van der Waals surface area contributed by atoms with Gasteiger partial charge in [-0.15, -0.1) is 0 Å². The zero-order valence-electron chi connectivity index (χ0n) is 18.3. The number of methoxy groups -OCH3 is 1. The molecule has 3 N–H and O–H groups in total. The molecule has 0 amide bonds. The second-order valence-electron chi connectivity index (χ2n) is 8.34. The van der Waals surface area contributed by atoms with Gasteiger partial charge in [-0.1, -0.05) is 30.3 Å². The van der Waals surface area contributed by atoms with Crippen LogP contribution in [0, 0.1) is 0 Å². The van der Waals surface area contributed by atoms with E-state index in [1.54, 1.807) is 7.11 Å². The summed E-state index contributed by atoms with van der Waals surface area (Å²) < 4.78 is 5.18. The minimum Gasteiger partial charge on any atom is -0.383 e. The molecule has 2 rings (SSSR count). The standard InChI is InChI=1S/C22H39N5O/c1-18(19-9-7-6-8-10-19)26-22(2,3)17-24-21(23-4)25-20-11-13-27(14-12-20)15-16-28-5/h6-10,18,20,26H,11-17H2,1-5H3,(H2,23,24,25). The number of guanidine groups is 1. The third-order valence-electron chi connectivity index (χ3n) is 5.37. The largest absolute Gasteiger partial charge is 0.383 e. The Balaban J connectivity index is 1.75. The molecular weight excluding hydrogens is 350 g/mol. The number of nitrogens with one attached hydrogen (secondary N) is 3. The summed E-state index contributed by atoms with van der Waals surface area (Å²) in [6.45, 7) is 11.5. The van der Waals surface area contributed by atoms with Gasteiger partial charge in [-0.2, -0.15) is 0 Å². The van der Waals surface area contributed by atoms with Crippen LogP contribution < -0.4 is 16.0 Å². The zero-order chi connectivity index (χ0) is 20.4. The van der Waals surface area contributed by atoms with E-state index in [9.17, 15) is 0 Å². The molecule has 158 valence electrons. The number of likely N-dealkylation sites (tertiary alicyclic amines) is 1. The molecule has 0 aromatic heterocycles. The van der Waals surface area contributed by atoms with Crippen LogP contribution in [0.1, 0.15) is 45.2 Å². The number of hydrogen-bond acceptors (Lipinski definition) is 4. The summed E-state index contributed by atoms with van der Waals surface area (Å²) in [7, 11) is 3.61. The third-order valence-corrected chi connectivity index (χ3v) is 5.37. The molecule has 6 nitrogen and oxygen atoms in total. The topological polar surface area (TPSA) is 60.9 Å². The molecule has 1 heterocycles. The van der Waals surface area contributed by atoms with Crippen molar-refractivity contribution in [2.75, 3.05) is 46.9 Å². The SMILES string of the molecule is CN=C(NCC(C)(C)NC(C)c1ccccc1)NC1CCN(CCOC)CC1. The molecule has 1 unspecified atom stereocenters. The van der Waals surface area contributed by atoms with Gasteiger partial charge in [0.1, 0.15) is 0 Å². The van der Waals surface area contributed by atoms with Crippen LogP contribution in [0.5, 0.6) is 0 Å². The van der Waals surface area contributed by atoms with Crippen LogP contribution in [0.25, 0.3) is 0 Å². The van der Waals surface area contributed by atoms with Crippen LogP contribution in [0.3, 0.4) is 0 Å². The van der Waals surface area contributed by atoms with E-state index in [1.807, 2.05) is 7.05 Å². The number of nitrogens with zero attached hydrogens (tertiary/aromatic N) is 2. The first-order valence-electron chi connectivity index (χ1n) is 10.4. The highest BCUT2D eigenvalue weighted by Gasteiger charge is 2.23. The van der Waals surface area contributed by atoms with Crippen molar-refractivity contribution in [1.82, 2.24) is 20.9 Å². The van der Waals surface area contributed by atoms with Crippen molar-refractivity contribution in [2.45, 2.75) is 51.2 Å². The monoisotopic (exact) mass is 389 g/mol. The Kier molecular flexibility index (Phi) is 9.22. The summed E-state index contributed by atoms with van der Waals surface area (Å²) in [6, 6.07) is 11.3. The highest BCUT2D eigenvalue weighted by Crippen LogP contribution is 2.16. The maximum absolute atomic E-state index is 5.18. The summed E-state index contributed by atoms with van der Waals surface area (Å²) in [5.41, 5.74) is 1.24. The maximum Gasteiger partial charge on any atom is 0.191 e. The molecule has 1 aliphatic rings. The molecule has 0 bridgehead atoms. The van der Waals surface area contributed by atoms with Gasteiger partial charge >= 0.3 is 0 Å². The molecular formula is C22H39N5O. The van der Waals surface area contributed by atoms with Crippen molar-refractivity contribution in [3.05, 3.63) is 35.9 Å². The van der Waals surface area contributed by atoms with E-state index >= 15 is 0 Å². The van der Waals surface area contributed by atoms with E-state index in [4.69, 9.17) is 4.74 Å². The predicted molar refractivity (Wildman–Crippen MR) is 118 cm³/mol. The van der Waals surface area contributed by atoms with Gasteiger partial charge in [-0.25, -0.2) is 0 Å². The Bertz CT molecular complexity index is 582. The summed E-state index contributed by atoms with van der Waals surface area (Å²) in [5.74, 6) is 0.887. The summed E-state index contributed by atoms with van der Waals surface area (Å²) in [6.07, 6.45) is 2.27. The molecule has 1 saturated heterocycles. The van der Waals surface area contributed by atoms with Crippen molar-refractivity contribution in [1.29, 1.82) is 0 Å². The fourth-order valence-corrected chi connectivity index (χ4v) is 3.68. The highest BCUT2D eigenvalue weighted by molar-refractivity contribution is 5.80. The lowest BCUT2D eigenvalue weighted by atomic mass is 10.0. The lowest BCUT2D eigenvalue weighted by Crippen LogP contribution is -2.54. The van der Waals surface area contributed by atoms with Gasteiger partial charge in [-0.3, -0.25) is 4.99 Å². The average Bonchev–Trinajstić information content (AvgIpc) is 2.70. The first-order chi connectivity index (χ1) is 13.4. The molecule has 28 heavy (non-hydrogen) atoms. The Morgan fingerprint density at radius 2 is 1.93 bits per heavy atom. The van der Waals surface area contributed by atoms with Gasteiger partial charge in [0.05, 0.1) is 6.61 Å². The van der Waals surface area contributed by atoms with Crippen LogP contribution >= 0.6 is 0 Å².